The number of halogens is 2. The standard InChI is InChI=1S/C23H38F2O2/c1-3-4-16(2)17-5-7-18(8-6-17)19-9-11-20(12-10-19)21-14-26-23(27-15-21)13-22(24)25/h13,16-21,23H,3-12,14-15H2,1-2H3. The van der Waals surface area contributed by atoms with Gasteiger partial charge in [0, 0.05) is 12.0 Å². The van der Waals surface area contributed by atoms with Gasteiger partial charge in [-0.05, 0) is 81.0 Å². The molecular weight excluding hydrogens is 346 g/mol. The molecule has 1 heterocycles. The molecule has 27 heavy (non-hydrogen) atoms. The van der Waals surface area contributed by atoms with E-state index in [0.717, 1.165) is 29.7 Å². The van der Waals surface area contributed by atoms with Gasteiger partial charge in [0.2, 0.25) is 0 Å². The molecule has 0 N–H and O–H groups in total. The second kappa shape index (κ2) is 10.3. The van der Waals surface area contributed by atoms with E-state index in [-0.39, 0.29) is 0 Å². The maximum absolute atomic E-state index is 12.3. The second-order valence-corrected chi connectivity index (χ2v) is 9.37. The van der Waals surface area contributed by atoms with Gasteiger partial charge < -0.3 is 9.47 Å². The van der Waals surface area contributed by atoms with E-state index in [2.05, 4.69) is 13.8 Å². The minimum atomic E-state index is -1.72. The monoisotopic (exact) mass is 384 g/mol. The highest BCUT2D eigenvalue weighted by Crippen LogP contribution is 2.45. The van der Waals surface area contributed by atoms with Crippen LogP contribution >= 0.6 is 0 Å². The normalized spacial score (nSPS) is 39.0. The number of rotatable bonds is 6. The van der Waals surface area contributed by atoms with Crippen molar-refractivity contribution < 1.29 is 18.3 Å². The third-order valence-electron chi connectivity index (χ3n) is 7.73. The van der Waals surface area contributed by atoms with Crippen LogP contribution in [0.1, 0.15) is 78.1 Å². The van der Waals surface area contributed by atoms with E-state index in [4.69, 9.17) is 9.47 Å². The molecule has 1 aliphatic heterocycles. The predicted octanol–water partition coefficient (Wildman–Crippen LogP) is 6.80. The summed E-state index contributed by atoms with van der Waals surface area (Å²) in [6, 6.07) is 0. The lowest BCUT2D eigenvalue weighted by Crippen LogP contribution is -2.37. The van der Waals surface area contributed by atoms with E-state index < -0.39 is 12.4 Å². The summed E-state index contributed by atoms with van der Waals surface area (Å²) < 4.78 is 35.5. The van der Waals surface area contributed by atoms with E-state index in [1.54, 1.807) is 0 Å². The smallest absolute Gasteiger partial charge is 0.271 e. The Morgan fingerprint density at radius 2 is 1.33 bits per heavy atom. The molecule has 0 bridgehead atoms. The molecule has 4 heteroatoms. The van der Waals surface area contributed by atoms with Crippen LogP contribution in [0.5, 0.6) is 0 Å². The lowest BCUT2D eigenvalue weighted by Gasteiger charge is -2.41. The van der Waals surface area contributed by atoms with Crippen LogP contribution in [0.25, 0.3) is 0 Å². The summed E-state index contributed by atoms with van der Waals surface area (Å²) in [6.45, 7) is 5.88. The number of ether oxygens (including phenoxy) is 2. The van der Waals surface area contributed by atoms with Crippen molar-refractivity contribution in [1.82, 2.24) is 0 Å². The first-order valence-corrected chi connectivity index (χ1v) is 11.3. The van der Waals surface area contributed by atoms with Crippen molar-refractivity contribution in [3.63, 3.8) is 0 Å². The Morgan fingerprint density at radius 1 is 0.852 bits per heavy atom. The first-order chi connectivity index (χ1) is 13.1. The van der Waals surface area contributed by atoms with Crippen molar-refractivity contribution in [1.29, 1.82) is 0 Å². The molecular formula is C23H38F2O2. The maximum atomic E-state index is 12.3. The fraction of sp³-hybridized carbons (Fsp3) is 0.913. The minimum absolute atomic E-state index is 0.379. The van der Waals surface area contributed by atoms with Gasteiger partial charge in [-0.3, -0.25) is 0 Å². The van der Waals surface area contributed by atoms with Gasteiger partial charge in [0.15, 0.2) is 6.29 Å². The first-order valence-electron chi connectivity index (χ1n) is 11.3. The van der Waals surface area contributed by atoms with Crippen LogP contribution in [-0.2, 0) is 9.47 Å². The zero-order valence-electron chi connectivity index (χ0n) is 17.2. The molecule has 0 spiro atoms. The average molecular weight is 385 g/mol. The Kier molecular flexibility index (Phi) is 8.13. The quantitative estimate of drug-likeness (QED) is 0.501. The summed E-state index contributed by atoms with van der Waals surface area (Å²) in [7, 11) is 0. The van der Waals surface area contributed by atoms with Crippen molar-refractivity contribution in [3.05, 3.63) is 12.2 Å². The SMILES string of the molecule is CCCC(C)C1CCC(C2CCC(C3COC(C=C(F)F)OC3)CC2)CC1. The summed E-state index contributed by atoms with van der Waals surface area (Å²) in [5, 5.41) is 0. The van der Waals surface area contributed by atoms with E-state index in [0.29, 0.717) is 25.0 Å². The van der Waals surface area contributed by atoms with Gasteiger partial charge in [-0.15, -0.1) is 0 Å². The van der Waals surface area contributed by atoms with E-state index in [1.165, 1.54) is 64.2 Å². The van der Waals surface area contributed by atoms with Crippen molar-refractivity contribution in [2.45, 2.75) is 84.3 Å². The summed E-state index contributed by atoms with van der Waals surface area (Å²) >= 11 is 0. The van der Waals surface area contributed by atoms with Gasteiger partial charge in [-0.25, -0.2) is 0 Å². The van der Waals surface area contributed by atoms with Crippen LogP contribution in [0.2, 0.25) is 0 Å². The Hall–Kier alpha value is -0.480. The summed E-state index contributed by atoms with van der Waals surface area (Å²) in [5.74, 6) is 4.74. The van der Waals surface area contributed by atoms with Crippen molar-refractivity contribution in [2.24, 2.45) is 35.5 Å². The van der Waals surface area contributed by atoms with Crippen molar-refractivity contribution in [3.8, 4) is 0 Å². The number of hydrogen-bond acceptors (Lipinski definition) is 2. The first kappa shape index (κ1) is 21.2. The van der Waals surface area contributed by atoms with Gasteiger partial charge in [0.25, 0.3) is 6.08 Å². The van der Waals surface area contributed by atoms with Crippen LogP contribution in [0.15, 0.2) is 12.2 Å². The molecule has 0 radical (unpaired) electrons. The highest BCUT2D eigenvalue weighted by atomic mass is 19.3. The summed E-state index contributed by atoms with van der Waals surface area (Å²) in [6.07, 6.45) is 11.8. The Labute approximate surface area is 164 Å². The second-order valence-electron chi connectivity index (χ2n) is 9.37. The van der Waals surface area contributed by atoms with Gasteiger partial charge in [-0.2, -0.15) is 8.78 Å². The van der Waals surface area contributed by atoms with Crippen molar-refractivity contribution in [2.75, 3.05) is 13.2 Å². The molecule has 3 aliphatic rings. The van der Waals surface area contributed by atoms with Crippen molar-refractivity contribution >= 4 is 0 Å². The maximum Gasteiger partial charge on any atom is 0.271 e. The molecule has 0 amide bonds. The van der Waals surface area contributed by atoms with E-state index >= 15 is 0 Å². The average Bonchev–Trinajstić information content (AvgIpc) is 2.69. The minimum Gasteiger partial charge on any atom is -0.348 e. The lowest BCUT2D eigenvalue weighted by molar-refractivity contribution is -0.187. The summed E-state index contributed by atoms with van der Waals surface area (Å²) in [4.78, 5) is 0. The predicted molar refractivity (Wildman–Crippen MR) is 104 cm³/mol. The molecule has 1 saturated heterocycles. The fourth-order valence-electron chi connectivity index (χ4n) is 5.97. The highest BCUT2D eigenvalue weighted by molar-refractivity contribution is 4.89. The van der Waals surface area contributed by atoms with Gasteiger partial charge >= 0.3 is 0 Å². The van der Waals surface area contributed by atoms with Gasteiger partial charge in [0.05, 0.1) is 13.2 Å². The topological polar surface area (TPSA) is 18.5 Å². The fourth-order valence-corrected chi connectivity index (χ4v) is 5.97. The van der Waals surface area contributed by atoms with Crippen LogP contribution in [0.3, 0.4) is 0 Å². The Morgan fingerprint density at radius 3 is 1.81 bits per heavy atom. The molecule has 1 atom stereocenters. The highest BCUT2D eigenvalue weighted by Gasteiger charge is 2.35. The molecule has 0 aromatic carbocycles. The molecule has 0 aromatic heterocycles. The van der Waals surface area contributed by atoms with Crippen LogP contribution in [0.4, 0.5) is 8.78 Å². The largest absolute Gasteiger partial charge is 0.348 e. The third kappa shape index (κ3) is 6.00. The molecule has 2 nitrogen and oxygen atoms in total. The third-order valence-corrected chi connectivity index (χ3v) is 7.73. The molecule has 1 unspecified atom stereocenters. The molecule has 156 valence electrons. The van der Waals surface area contributed by atoms with Crippen LogP contribution in [-0.4, -0.2) is 19.5 Å². The lowest BCUT2D eigenvalue weighted by atomic mass is 9.66. The molecule has 0 aromatic rings. The zero-order chi connectivity index (χ0) is 19.2. The van der Waals surface area contributed by atoms with Gasteiger partial charge in [-0.1, -0.05) is 26.7 Å². The number of hydrogen-bond donors (Lipinski definition) is 0. The zero-order valence-corrected chi connectivity index (χ0v) is 17.2. The molecule has 3 rings (SSSR count). The van der Waals surface area contributed by atoms with Crippen LogP contribution in [0, 0.1) is 35.5 Å². The molecule has 2 saturated carbocycles. The Bertz CT molecular complexity index is 453. The van der Waals surface area contributed by atoms with E-state index in [9.17, 15) is 8.78 Å². The van der Waals surface area contributed by atoms with Crippen LogP contribution < -0.4 is 0 Å². The molecule has 2 aliphatic carbocycles. The van der Waals surface area contributed by atoms with E-state index in [1.807, 2.05) is 0 Å². The van der Waals surface area contributed by atoms with Gasteiger partial charge in [0.1, 0.15) is 0 Å². The molecule has 3 fully saturated rings. The Balaban J connectivity index is 1.37. The summed E-state index contributed by atoms with van der Waals surface area (Å²) in [5.41, 5.74) is 0.